The summed E-state index contributed by atoms with van der Waals surface area (Å²) in [4.78, 5) is 2.52. The summed E-state index contributed by atoms with van der Waals surface area (Å²) in [6, 6.07) is 9.13. The second-order valence-corrected chi connectivity index (χ2v) is 5.76. The summed E-state index contributed by atoms with van der Waals surface area (Å²) < 4.78 is 5.27. The summed E-state index contributed by atoms with van der Waals surface area (Å²) in [5.74, 6) is 1.63. The molecule has 1 aromatic carbocycles. The minimum Gasteiger partial charge on any atom is -0.497 e. The van der Waals surface area contributed by atoms with E-state index >= 15 is 0 Å². The van der Waals surface area contributed by atoms with Gasteiger partial charge in [-0.2, -0.15) is 0 Å². The van der Waals surface area contributed by atoms with E-state index in [-0.39, 0.29) is 0 Å². The maximum Gasteiger partial charge on any atom is 0.118 e. The molecular weight excluding hydrogens is 248 g/mol. The Morgan fingerprint density at radius 2 is 2.00 bits per heavy atom. The summed E-state index contributed by atoms with van der Waals surface area (Å²) in [6.07, 6.45) is 3.97. The van der Waals surface area contributed by atoms with Gasteiger partial charge in [0, 0.05) is 6.04 Å². The fourth-order valence-electron chi connectivity index (χ4n) is 3.30. The molecule has 2 atom stereocenters. The number of benzene rings is 1. The summed E-state index contributed by atoms with van der Waals surface area (Å²) >= 11 is 0. The van der Waals surface area contributed by atoms with Crippen molar-refractivity contribution in [1.82, 2.24) is 10.2 Å². The van der Waals surface area contributed by atoms with E-state index in [0.717, 1.165) is 18.8 Å². The largest absolute Gasteiger partial charge is 0.497 e. The lowest BCUT2D eigenvalue weighted by molar-refractivity contribution is 0.189. The zero-order valence-corrected chi connectivity index (χ0v) is 13.1. The van der Waals surface area contributed by atoms with Gasteiger partial charge in [-0.1, -0.05) is 25.5 Å². The van der Waals surface area contributed by atoms with E-state index in [2.05, 4.69) is 48.5 Å². The fraction of sp³-hybridized carbons (Fsp3) is 0.647. The van der Waals surface area contributed by atoms with Crippen LogP contribution in [0.4, 0.5) is 0 Å². The van der Waals surface area contributed by atoms with Crippen molar-refractivity contribution >= 4 is 0 Å². The molecule has 3 heteroatoms. The van der Waals surface area contributed by atoms with Gasteiger partial charge in [-0.25, -0.2) is 0 Å². The molecule has 0 amide bonds. The van der Waals surface area contributed by atoms with E-state index in [1.807, 2.05) is 0 Å². The number of nitrogens with one attached hydrogen (secondary N) is 1. The summed E-state index contributed by atoms with van der Waals surface area (Å²) in [5.41, 5.74) is 1.41. The number of methoxy groups -OCH3 is 1. The van der Waals surface area contributed by atoms with Crippen molar-refractivity contribution in [1.29, 1.82) is 0 Å². The summed E-state index contributed by atoms with van der Waals surface area (Å²) in [7, 11) is 3.99. The Morgan fingerprint density at radius 3 is 2.65 bits per heavy atom. The molecule has 0 spiro atoms. The third kappa shape index (κ3) is 3.74. The lowest BCUT2D eigenvalue weighted by Crippen LogP contribution is -2.34. The van der Waals surface area contributed by atoms with Crippen molar-refractivity contribution < 1.29 is 4.74 Å². The van der Waals surface area contributed by atoms with Crippen LogP contribution in [0, 0.1) is 5.92 Å². The van der Waals surface area contributed by atoms with Crippen molar-refractivity contribution in [2.24, 2.45) is 5.92 Å². The number of nitrogens with zero attached hydrogens (tertiary/aromatic N) is 1. The smallest absolute Gasteiger partial charge is 0.118 e. The molecule has 3 nitrogen and oxygen atoms in total. The van der Waals surface area contributed by atoms with Gasteiger partial charge in [0.1, 0.15) is 5.75 Å². The van der Waals surface area contributed by atoms with Crippen molar-refractivity contribution in [2.45, 2.75) is 32.2 Å². The molecule has 0 aliphatic carbocycles. The molecule has 2 rings (SSSR count). The Kier molecular flexibility index (Phi) is 5.86. The average Bonchev–Trinajstić information content (AvgIpc) is 2.67. The third-order valence-electron chi connectivity index (χ3n) is 4.37. The first kappa shape index (κ1) is 15.3. The van der Waals surface area contributed by atoms with Gasteiger partial charge in [0.2, 0.25) is 0 Å². The summed E-state index contributed by atoms with van der Waals surface area (Å²) in [5, 5.41) is 3.54. The highest BCUT2D eigenvalue weighted by Crippen LogP contribution is 2.34. The van der Waals surface area contributed by atoms with Gasteiger partial charge in [-0.15, -0.1) is 0 Å². The Bertz CT molecular complexity index is 390. The summed E-state index contributed by atoms with van der Waals surface area (Å²) in [6.45, 7) is 5.54. The van der Waals surface area contributed by atoms with Crippen LogP contribution in [-0.2, 0) is 0 Å². The van der Waals surface area contributed by atoms with Gasteiger partial charge in [0.25, 0.3) is 0 Å². The lowest BCUT2D eigenvalue weighted by Gasteiger charge is -2.33. The van der Waals surface area contributed by atoms with Crippen LogP contribution in [0.25, 0.3) is 0 Å². The molecule has 1 saturated heterocycles. The first-order valence-corrected chi connectivity index (χ1v) is 7.81. The van der Waals surface area contributed by atoms with E-state index in [9.17, 15) is 0 Å². The van der Waals surface area contributed by atoms with Crippen LogP contribution in [-0.4, -0.2) is 38.7 Å². The molecule has 112 valence electrons. The Labute approximate surface area is 123 Å². The molecule has 20 heavy (non-hydrogen) atoms. The van der Waals surface area contributed by atoms with Crippen LogP contribution in [0.3, 0.4) is 0 Å². The van der Waals surface area contributed by atoms with Crippen molar-refractivity contribution in [3.63, 3.8) is 0 Å². The quantitative estimate of drug-likeness (QED) is 0.894. The predicted molar refractivity (Wildman–Crippen MR) is 84.2 cm³/mol. The predicted octanol–water partition coefficient (Wildman–Crippen LogP) is 3.08. The van der Waals surface area contributed by atoms with E-state index in [1.165, 1.54) is 31.4 Å². The molecule has 1 fully saturated rings. The lowest BCUT2D eigenvalue weighted by atomic mass is 9.89. The van der Waals surface area contributed by atoms with Crippen molar-refractivity contribution in [3.05, 3.63) is 29.8 Å². The van der Waals surface area contributed by atoms with Crippen molar-refractivity contribution in [3.8, 4) is 5.75 Å². The normalized spacial score (nSPS) is 24.4. The highest BCUT2D eigenvalue weighted by atomic mass is 16.5. The zero-order chi connectivity index (χ0) is 14.4. The van der Waals surface area contributed by atoms with E-state index in [0.29, 0.717) is 12.0 Å². The minimum atomic E-state index is 0.516. The van der Waals surface area contributed by atoms with Crippen LogP contribution in [0.1, 0.15) is 37.8 Å². The highest BCUT2D eigenvalue weighted by Gasteiger charge is 2.28. The second-order valence-electron chi connectivity index (χ2n) is 5.76. The molecular formula is C17H28N2O. The van der Waals surface area contributed by atoms with Gasteiger partial charge < -0.3 is 10.1 Å². The first-order valence-electron chi connectivity index (χ1n) is 7.81. The fourth-order valence-corrected chi connectivity index (χ4v) is 3.30. The topological polar surface area (TPSA) is 24.5 Å². The molecule has 0 bridgehead atoms. The zero-order valence-electron chi connectivity index (χ0n) is 13.1. The molecule has 1 aliphatic heterocycles. The van der Waals surface area contributed by atoms with Gasteiger partial charge in [0.05, 0.1) is 7.11 Å². The van der Waals surface area contributed by atoms with E-state index < -0.39 is 0 Å². The Balaban J connectivity index is 2.19. The number of hydrogen-bond donors (Lipinski definition) is 1. The number of hydrogen-bond acceptors (Lipinski definition) is 3. The molecule has 1 N–H and O–H groups in total. The maximum atomic E-state index is 5.27. The van der Waals surface area contributed by atoms with Crippen LogP contribution in [0.2, 0.25) is 0 Å². The SMILES string of the molecule is CCNCC1CCCCN(C)C1c1ccc(OC)cc1. The van der Waals surface area contributed by atoms with Gasteiger partial charge in [-0.3, -0.25) is 4.90 Å². The second kappa shape index (κ2) is 7.65. The highest BCUT2D eigenvalue weighted by molar-refractivity contribution is 5.29. The van der Waals surface area contributed by atoms with Crippen molar-refractivity contribution in [2.75, 3.05) is 33.8 Å². The van der Waals surface area contributed by atoms with Crippen LogP contribution in [0.15, 0.2) is 24.3 Å². The Morgan fingerprint density at radius 1 is 1.25 bits per heavy atom. The Hall–Kier alpha value is -1.06. The van der Waals surface area contributed by atoms with Crippen LogP contribution in [0.5, 0.6) is 5.75 Å². The number of ether oxygens (including phenoxy) is 1. The monoisotopic (exact) mass is 276 g/mol. The van der Waals surface area contributed by atoms with Gasteiger partial charge >= 0.3 is 0 Å². The molecule has 1 heterocycles. The first-order chi connectivity index (χ1) is 9.76. The van der Waals surface area contributed by atoms with Gasteiger partial charge in [-0.05, 0) is 63.1 Å². The van der Waals surface area contributed by atoms with E-state index in [4.69, 9.17) is 4.74 Å². The molecule has 1 aliphatic rings. The van der Waals surface area contributed by atoms with Gasteiger partial charge in [0.15, 0.2) is 0 Å². The molecule has 0 aromatic heterocycles. The third-order valence-corrected chi connectivity index (χ3v) is 4.37. The number of rotatable bonds is 5. The van der Waals surface area contributed by atoms with Crippen LogP contribution < -0.4 is 10.1 Å². The molecule has 0 radical (unpaired) electrons. The molecule has 1 aromatic rings. The average molecular weight is 276 g/mol. The molecule has 0 saturated carbocycles. The molecule has 2 unspecified atom stereocenters. The minimum absolute atomic E-state index is 0.516. The van der Waals surface area contributed by atoms with Crippen LogP contribution >= 0.6 is 0 Å². The maximum absolute atomic E-state index is 5.27. The van der Waals surface area contributed by atoms with E-state index in [1.54, 1.807) is 7.11 Å². The number of likely N-dealkylation sites (tertiary alicyclic amines) is 1. The standard InChI is InChI=1S/C17H28N2O/c1-4-18-13-15-7-5-6-12-19(2)17(15)14-8-10-16(20-3)11-9-14/h8-11,15,17-18H,4-7,12-13H2,1-3H3.